The summed E-state index contributed by atoms with van der Waals surface area (Å²) in [5.74, 6) is -34.8. The molecule has 3 aliphatic carbocycles. The van der Waals surface area contributed by atoms with Crippen molar-refractivity contribution in [2.45, 2.75) is 104 Å². The molecule has 0 saturated heterocycles. The summed E-state index contributed by atoms with van der Waals surface area (Å²) in [7, 11) is 0. The predicted octanol–water partition coefficient (Wildman–Crippen LogP) is 8.09. The van der Waals surface area contributed by atoms with Gasteiger partial charge in [-0.2, -0.15) is 61.5 Å². The average Bonchev–Trinajstić information content (AvgIpc) is 2.89. The van der Waals surface area contributed by atoms with Gasteiger partial charge in [-0.05, 0) is 13.8 Å². The van der Waals surface area contributed by atoms with Gasteiger partial charge >= 0.3 is 41.5 Å². The van der Waals surface area contributed by atoms with Crippen LogP contribution < -0.4 is 0 Å². The molecule has 36 heavy (non-hydrogen) atoms. The van der Waals surface area contributed by atoms with Gasteiger partial charge in [-0.25, -0.2) is 22.0 Å². The number of alkyl halides is 19. The fraction of sp³-hybridized carbons (Fsp3) is 1.00. The van der Waals surface area contributed by atoms with E-state index in [0.29, 0.717) is 0 Å². The maximum atomic E-state index is 12.7. The van der Waals surface area contributed by atoms with Gasteiger partial charge in [0.1, 0.15) is 12.3 Å². The largest absolute Gasteiger partial charge is 0.375 e. The lowest BCUT2D eigenvalue weighted by Crippen LogP contribution is -2.49. The van der Waals surface area contributed by atoms with Crippen molar-refractivity contribution in [3.63, 3.8) is 0 Å². The van der Waals surface area contributed by atoms with Crippen molar-refractivity contribution in [1.82, 2.24) is 0 Å². The Morgan fingerprint density at radius 3 is 0.667 bits per heavy atom. The molecule has 0 spiro atoms. The van der Waals surface area contributed by atoms with Gasteiger partial charge in [0.05, 0.1) is 19.3 Å². The zero-order valence-corrected chi connectivity index (χ0v) is 17.5. The molecule has 0 bridgehead atoms. The van der Waals surface area contributed by atoms with E-state index in [1.54, 1.807) is 0 Å². The van der Waals surface area contributed by atoms with Crippen LogP contribution in [0.2, 0.25) is 0 Å². The van der Waals surface area contributed by atoms with Gasteiger partial charge in [-0.3, -0.25) is 0 Å². The fourth-order valence-corrected chi connectivity index (χ4v) is 3.12. The summed E-state index contributed by atoms with van der Waals surface area (Å²) in [6.07, 6.45) is -14.8. The summed E-state index contributed by atoms with van der Waals surface area (Å²) in [5, 5.41) is 0. The Bertz CT molecular complexity index is 693. The first-order valence-corrected chi connectivity index (χ1v) is 9.33. The molecular formula is C17H15F19. The third-order valence-electron chi connectivity index (χ3n) is 5.90. The van der Waals surface area contributed by atoms with E-state index in [0.717, 1.165) is 0 Å². The Kier molecular flexibility index (Phi) is 7.80. The lowest BCUT2D eigenvalue weighted by molar-refractivity contribution is -0.277. The molecule has 216 valence electrons. The summed E-state index contributed by atoms with van der Waals surface area (Å²) in [6, 6.07) is 0. The summed E-state index contributed by atoms with van der Waals surface area (Å²) in [5.41, 5.74) is -7.53. The number of hydrogen-bond acceptors (Lipinski definition) is 0. The SMILES string of the molecule is CC1(F)C(F)CC(F)(F)C1(F)F.CC1(F)[C@H](F)CC(F)(F)C1(F)F.F[C@H]1CC(F)(F)C(F)(F)C1(F)F. The van der Waals surface area contributed by atoms with Crippen LogP contribution in [0.5, 0.6) is 0 Å². The molecule has 3 rings (SSSR count). The van der Waals surface area contributed by atoms with Gasteiger partial charge in [-0.15, -0.1) is 0 Å². The van der Waals surface area contributed by atoms with Crippen molar-refractivity contribution in [2.75, 3.05) is 0 Å². The monoisotopic (exact) mass is 580 g/mol. The summed E-state index contributed by atoms with van der Waals surface area (Å²) in [6.45, 7) is 0.303. The zero-order valence-electron chi connectivity index (χ0n) is 17.5. The third kappa shape index (κ3) is 4.46. The van der Waals surface area contributed by atoms with Crippen LogP contribution in [0.15, 0.2) is 0 Å². The molecule has 0 heterocycles. The molecule has 3 fully saturated rings. The first kappa shape index (κ1) is 32.7. The summed E-state index contributed by atoms with van der Waals surface area (Å²) < 4.78 is 233. The molecule has 0 amide bonds. The van der Waals surface area contributed by atoms with E-state index in [9.17, 15) is 83.4 Å². The van der Waals surface area contributed by atoms with E-state index in [1.165, 1.54) is 0 Å². The highest BCUT2D eigenvalue weighted by atomic mass is 19.4. The highest BCUT2D eigenvalue weighted by molar-refractivity contribution is 5.13. The lowest BCUT2D eigenvalue weighted by atomic mass is 10.0. The molecule has 0 aromatic carbocycles. The highest BCUT2D eigenvalue weighted by Gasteiger charge is 2.81. The Morgan fingerprint density at radius 1 is 0.389 bits per heavy atom. The Balaban J connectivity index is 0.000000270. The quantitative estimate of drug-likeness (QED) is 0.254. The minimum atomic E-state index is -5.58. The van der Waals surface area contributed by atoms with Crippen molar-refractivity contribution >= 4 is 0 Å². The molecule has 0 aromatic heterocycles. The third-order valence-corrected chi connectivity index (χ3v) is 5.90. The second kappa shape index (κ2) is 8.59. The molecule has 0 N–H and O–H groups in total. The minimum absolute atomic E-state index is 0.151. The predicted molar refractivity (Wildman–Crippen MR) is 82.2 cm³/mol. The van der Waals surface area contributed by atoms with Crippen LogP contribution in [0, 0.1) is 0 Å². The molecule has 0 aromatic rings. The summed E-state index contributed by atoms with van der Waals surface area (Å²) >= 11 is 0. The Morgan fingerprint density at radius 2 is 0.611 bits per heavy atom. The van der Waals surface area contributed by atoms with Gasteiger partial charge in [0, 0.05) is 0 Å². The van der Waals surface area contributed by atoms with Gasteiger partial charge < -0.3 is 0 Å². The van der Waals surface area contributed by atoms with Gasteiger partial charge in [0.15, 0.2) is 6.17 Å². The second-order valence-electron chi connectivity index (χ2n) is 8.63. The highest BCUT2D eigenvalue weighted by Crippen LogP contribution is 2.58. The molecule has 0 radical (unpaired) electrons. The van der Waals surface area contributed by atoms with Gasteiger partial charge in [0.2, 0.25) is 11.3 Å². The molecule has 3 aliphatic rings. The fourth-order valence-electron chi connectivity index (χ4n) is 3.12. The number of hydrogen-bond donors (Lipinski definition) is 0. The van der Waals surface area contributed by atoms with Crippen LogP contribution in [0.1, 0.15) is 33.1 Å². The number of rotatable bonds is 0. The number of halogens is 19. The van der Waals surface area contributed by atoms with Crippen LogP contribution in [0.4, 0.5) is 83.4 Å². The van der Waals surface area contributed by atoms with Crippen molar-refractivity contribution in [3.05, 3.63) is 0 Å². The summed E-state index contributed by atoms with van der Waals surface area (Å²) in [4.78, 5) is 0. The van der Waals surface area contributed by atoms with Crippen molar-refractivity contribution in [2.24, 2.45) is 0 Å². The smallest absolute Gasteiger partial charge is 0.243 e. The van der Waals surface area contributed by atoms with Crippen LogP contribution in [0.25, 0.3) is 0 Å². The van der Waals surface area contributed by atoms with Gasteiger partial charge in [0.25, 0.3) is 0 Å². The lowest BCUT2D eigenvalue weighted by Gasteiger charge is -2.26. The molecule has 3 unspecified atom stereocenters. The Labute approximate surface area is 189 Å². The van der Waals surface area contributed by atoms with E-state index in [1.807, 2.05) is 0 Å². The standard InChI is InChI=1S/2C6H6F6.C5H3F7/c2*1-4(8)3(7)2-5(9,10)6(4,11)12;6-2-1-3(7,8)5(11,12)4(2,9)10/h2*3H,2H2,1H3;2H,1H2/t3-,4?;;2-/m1.0/s1. The normalized spacial score (nSPS) is 42.1. The first-order chi connectivity index (χ1) is 15.4. The molecule has 0 nitrogen and oxygen atoms in total. The van der Waals surface area contributed by atoms with E-state index in [4.69, 9.17) is 0 Å². The average molecular weight is 580 g/mol. The van der Waals surface area contributed by atoms with E-state index in [2.05, 4.69) is 0 Å². The molecule has 5 atom stereocenters. The molecule has 0 aliphatic heterocycles. The molecule has 19 heteroatoms. The van der Waals surface area contributed by atoms with E-state index in [-0.39, 0.29) is 13.8 Å². The molecular weight excluding hydrogens is 565 g/mol. The van der Waals surface area contributed by atoms with Crippen LogP contribution >= 0.6 is 0 Å². The van der Waals surface area contributed by atoms with Crippen molar-refractivity contribution < 1.29 is 83.4 Å². The van der Waals surface area contributed by atoms with Crippen molar-refractivity contribution in [3.8, 4) is 0 Å². The topological polar surface area (TPSA) is 0 Å². The zero-order chi connectivity index (χ0) is 29.4. The minimum Gasteiger partial charge on any atom is -0.243 e. The Hall–Kier alpha value is -1.33. The van der Waals surface area contributed by atoms with E-state index < -0.39 is 90.6 Å². The first-order valence-electron chi connectivity index (χ1n) is 9.33. The molecule has 3 saturated carbocycles. The van der Waals surface area contributed by atoms with Crippen LogP contribution in [-0.2, 0) is 0 Å². The van der Waals surface area contributed by atoms with Gasteiger partial charge in [-0.1, -0.05) is 0 Å². The second-order valence-corrected chi connectivity index (χ2v) is 8.63. The maximum Gasteiger partial charge on any atom is 0.375 e. The van der Waals surface area contributed by atoms with E-state index >= 15 is 0 Å². The maximum absolute atomic E-state index is 12.7. The van der Waals surface area contributed by atoms with Crippen molar-refractivity contribution in [1.29, 1.82) is 0 Å². The van der Waals surface area contributed by atoms with Crippen LogP contribution in [-0.4, -0.2) is 71.3 Å². The van der Waals surface area contributed by atoms with Crippen LogP contribution in [0.3, 0.4) is 0 Å².